The van der Waals surface area contributed by atoms with E-state index in [0.29, 0.717) is 32.0 Å². The molecule has 1 aromatic heterocycles. The summed E-state index contributed by atoms with van der Waals surface area (Å²) in [4.78, 5) is 37.4. The zero-order valence-corrected chi connectivity index (χ0v) is 18.1. The molecule has 3 heterocycles. The summed E-state index contributed by atoms with van der Waals surface area (Å²) in [6.07, 6.45) is 2.07. The lowest BCUT2D eigenvalue weighted by Gasteiger charge is -2.32. The number of nitrogens with one attached hydrogen (secondary N) is 1. The van der Waals surface area contributed by atoms with Crippen LogP contribution in [-0.4, -0.2) is 46.3 Å². The van der Waals surface area contributed by atoms with E-state index in [9.17, 15) is 9.59 Å². The molecule has 0 bridgehead atoms. The van der Waals surface area contributed by atoms with Gasteiger partial charge in [-0.3, -0.25) is 9.59 Å². The van der Waals surface area contributed by atoms with Crippen LogP contribution >= 0.6 is 15.9 Å². The Morgan fingerprint density at radius 3 is 2.53 bits per heavy atom. The van der Waals surface area contributed by atoms with Crippen LogP contribution in [0.4, 0.5) is 5.69 Å². The largest absolute Gasteiger partial charge is 0.342 e. The minimum absolute atomic E-state index is 0.0211. The summed E-state index contributed by atoms with van der Waals surface area (Å²) < 4.78 is 0.970. The summed E-state index contributed by atoms with van der Waals surface area (Å²) in [7, 11) is 0. The average molecular weight is 467 g/mol. The van der Waals surface area contributed by atoms with Crippen LogP contribution in [0.5, 0.6) is 0 Å². The molecule has 2 amide bonds. The minimum atomic E-state index is -0.260. The van der Waals surface area contributed by atoms with E-state index in [-0.39, 0.29) is 17.7 Å². The number of aromatic amines is 1. The first-order valence-corrected chi connectivity index (χ1v) is 11.2. The van der Waals surface area contributed by atoms with Gasteiger partial charge in [0, 0.05) is 42.1 Å². The van der Waals surface area contributed by atoms with Crippen LogP contribution in [0.25, 0.3) is 11.0 Å². The fraction of sp³-hybridized carbons (Fsp3) is 0.348. The standard InChI is InChI=1S/C23H23BrN4O2/c24-17-5-7-18(8-6-17)28-14-16(13-21(28)29)23(30)27-11-9-15(10-12-27)22-25-19-3-1-2-4-20(19)26-22/h1-8,15-16H,9-14H2,(H,25,26). The summed E-state index contributed by atoms with van der Waals surface area (Å²) in [6, 6.07) is 15.7. The Bertz CT molecular complexity index is 1050. The quantitative estimate of drug-likeness (QED) is 0.631. The van der Waals surface area contributed by atoms with Crippen molar-refractivity contribution in [1.82, 2.24) is 14.9 Å². The second-order valence-electron chi connectivity index (χ2n) is 8.12. The van der Waals surface area contributed by atoms with Gasteiger partial charge in [-0.2, -0.15) is 0 Å². The molecule has 3 aromatic rings. The van der Waals surface area contributed by atoms with E-state index >= 15 is 0 Å². The van der Waals surface area contributed by atoms with Gasteiger partial charge in [-0.1, -0.05) is 28.1 Å². The van der Waals surface area contributed by atoms with Crippen LogP contribution in [0.1, 0.15) is 31.0 Å². The maximum atomic E-state index is 13.1. The lowest BCUT2D eigenvalue weighted by Crippen LogP contribution is -2.42. The third-order valence-electron chi connectivity index (χ3n) is 6.21. The van der Waals surface area contributed by atoms with Gasteiger partial charge in [0.25, 0.3) is 0 Å². The number of carbonyl (C=O) groups is 2. The molecule has 2 aliphatic heterocycles. The number of piperidine rings is 1. The number of aromatic nitrogens is 2. The van der Waals surface area contributed by atoms with Crippen molar-refractivity contribution in [2.45, 2.75) is 25.2 Å². The van der Waals surface area contributed by atoms with Gasteiger partial charge in [0.1, 0.15) is 5.82 Å². The van der Waals surface area contributed by atoms with Gasteiger partial charge >= 0.3 is 0 Å². The fourth-order valence-electron chi connectivity index (χ4n) is 4.54. The first kappa shape index (κ1) is 19.3. The van der Waals surface area contributed by atoms with Crippen molar-refractivity contribution in [2.24, 2.45) is 5.92 Å². The number of rotatable bonds is 3. The number of hydrogen-bond donors (Lipinski definition) is 1. The SMILES string of the molecule is O=C(C1CC(=O)N(c2ccc(Br)cc2)C1)N1CCC(c2nc3ccccc3[nH]2)CC1. The Morgan fingerprint density at radius 2 is 1.80 bits per heavy atom. The average Bonchev–Trinajstić information content (AvgIpc) is 3.38. The molecule has 2 aliphatic rings. The fourth-order valence-corrected chi connectivity index (χ4v) is 4.81. The molecule has 154 valence electrons. The molecule has 7 heteroatoms. The highest BCUT2D eigenvalue weighted by Gasteiger charge is 2.38. The zero-order valence-electron chi connectivity index (χ0n) is 16.6. The molecule has 2 saturated heterocycles. The number of nitrogens with zero attached hydrogens (tertiary/aromatic N) is 3. The zero-order chi connectivity index (χ0) is 20.7. The van der Waals surface area contributed by atoms with Crippen molar-refractivity contribution in [3.8, 4) is 0 Å². The van der Waals surface area contributed by atoms with Crippen molar-refractivity contribution in [1.29, 1.82) is 0 Å². The normalized spacial score (nSPS) is 20.3. The number of benzene rings is 2. The van der Waals surface area contributed by atoms with Crippen LogP contribution in [-0.2, 0) is 9.59 Å². The monoisotopic (exact) mass is 466 g/mol. The van der Waals surface area contributed by atoms with Gasteiger partial charge in [-0.15, -0.1) is 0 Å². The van der Waals surface area contributed by atoms with Gasteiger partial charge in [0.2, 0.25) is 11.8 Å². The van der Waals surface area contributed by atoms with E-state index in [4.69, 9.17) is 4.98 Å². The molecule has 0 aliphatic carbocycles. The number of H-pyrrole nitrogens is 1. The van der Waals surface area contributed by atoms with Crippen molar-refractivity contribution in [3.63, 3.8) is 0 Å². The summed E-state index contributed by atoms with van der Waals surface area (Å²) in [5.74, 6) is 1.22. The van der Waals surface area contributed by atoms with Crippen LogP contribution in [0.2, 0.25) is 0 Å². The lowest BCUT2D eigenvalue weighted by molar-refractivity contribution is -0.136. The molecule has 0 spiro atoms. The molecular formula is C23H23BrN4O2. The number of hydrogen-bond acceptors (Lipinski definition) is 3. The van der Waals surface area contributed by atoms with Crippen molar-refractivity contribution in [2.75, 3.05) is 24.5 Å². The van der Waals surface area contributed by atoms with Gasteiger partial charge in [0.05, 0.1) is 17.0 Å². The number of fused-ring (bicyclic) bond motifs is 1. The van der Waals surface area contributed by atoms with Gasteiger partial charge < -0.3 is 14.8 Å². The number of anilines is 1. The molecule has 6 nitrogen and oxygen atoms in total. The number of imidazole rings is 1. The van der Waals surface area contributed by atoms with Gasteiger partial charge in [0.15, 0.2) is 0 Å². The topological polar surface area (TPSA) is 69.3 Å². The Labute approximate surface area is 183 Å². The summed E-state index contributed by atoms with van der Waals surface area (Å²) in [6.45, 7) is 1.88. The molecule has 2 aromatic carbocycles. The van der Waals surface area contributed by atoms with Crippen LogP contribution in [0, 0.1) is 5.92 Å². The van der Waals surface area contributed by atoms with Gasteiger partial charge in [-0.05, 0) is 49.2 Å². The number of para-hydroxylation sites is 2. The van der Waals surface area contributed by atoms with Crippen molar-refractivity contribution >= 4 is 44.5 Å². The van der Waals surface area contributed by atoms with Crippen LogP contribution in [0.15, 0.2) is 53.0 Å². The van der Waals surface area contributed by atoms with E-state index in [0.717, 1.165) is 39.9 Å². The molecule has 1 N–H and O–H groups in total. The Hall–Kier alpha value is -2.67. The molecule has 5 rings (SSSR count). The van der Waals surface area contributed by atoms with Crippen LogP contribution < -0.4 is 4.90 Å². The second-order valence-corrected chi connectivity index (χ2v) is 9.04. The summed E-state index contributed by atoms with van der Waals surface area (Å²) in [5.41, 5.74) is 2.90. The highest BCUT2D eigenvalue weighted by Crippen LogP contribution is 2.31. The summed E-state index contributed by atoms with van der Waals surface area (Å²) in [5, 5.41) is 0. The lowest BCUT2D eigenvalue weighted by atomic mass is 9.95. The van der Waals surface area contributed by atoms with E-state index in [1.165, 1.54) is 0 Å². The third kappa shape index (κ3) is 3.62. The molecule has 1 atom stereocenters. The molecule has 2 fully saturated rings. The predicted octanol–water partition coefficient (Wildman–Crippen LogP) is 4.08. The Morgan fingerprint density at radius 1 is 1.07 bits per heavy atom. The second kappa shape index (κ2) is 7.87. The Kier molecular flexibility index (Phi) is 5.06. The molecule has 1 unspecified atom stereocenters. The predicted molar refractivity (Wildman–Crippen MR) is 119 cm³/mol. The third-order valence-corrected chi connectivity index (χ3v) is 6.74. The maximum Gasteiger partial charge on any atom is 0.228 e. The first-order chi connectivity index (χ1) is 14.6. The summed E-state index contributed by atoms with van der Waals surface area (Å²) >= 11 is 3.42. The van der Waals surface area contributed by atoms with E-state index in [1.807, 2.05) is 53.4 Å². The first-order valence-electron chi connectivity index (χ1n) is 10.4. The molecular weight excluding hydrogens is 444 g/mol. The van der Waals surface area contributed by atoms with E-state index in [1.54, 1.807) is 4.90 Å². The van der Waals surface area contributed by atoms with E-state index < -0.39 is 0 Å². The van der Waals surface area contributed by atoms with Crippen molar-refractivity contribution in [3.05, 3.63) is 58.8 Å². The highest BCUT2D eigenvalue weighted by atomic mass is 79.9. The molecule has 30 heavy (non-hydrogen) atoms. The smallest absolute Gasteiger partial charge is 0.228 e. The minimum Gasteiger partial charge on any atom is -0.342 e. The van der Waals surface area contributed by atoms with Crippen LogP contribution in [0.3, 0.4) is 0 Å². The number of amides is 2. The number of carbonyl (C=O) groups excluding carboxylic acids is 2. The Balaban J connectivity index is 1.21. The highest BCUT2D eigenvalue weighted by molar-refractivity contribution is 9.10. The number of halogens is 1. The molecule has 0 radical (unpaired) electrons. The molecule has 0 saturated carbocycles. The van der Waals surface area contributed by atoms with Crippen molar-refractivity contribution < 1.29 is 9.59 Å². The number of likely N-dealkylation sites (tertiary alicyclic amines) is 1. The van der Waals surface area contributed by atoms with Gasteiger partial charge in [-0.25, -0.2) is 4.98 Å². The maximum absolute atomic E-state index is 13.1. The van der Waals surface area contributed by atoms with E-state index in [2.05, 4.69) is 20.9 Å².